The van der Waals surface area contributed by atoms with E-state index in [1.807, 2.05) is 18.2 Å². The highest BCUT2D eigenvalue weighted by atomic mass is 28.4. The van der Waals surface area contributed by atoms with Gasteiger partial charge in [0.2, 0.25) is 0 Å². The smallest absolute Gasteiger partial charge is 0.261 e. The molecule has 2 atom stereocenters. The van der Waals surface area contributed by atoms with Gasteiger partial charge in [-0.05, 0) is 33.0 Å². The van der Waals surface area contributed by atoms with E-state index in [1.54, 1.807) is 0 Å². The first-order valence-corrected chi connectivity index (χ1v) is 13.7. The lowest BCUT2D eigenvalue weighted by Crippen LogP contribution is -2.67. The number of hydrogen-bond donors (Lipinski definition) is 1. The van der Waals surface area contributed by atoms with Crippen LogP contribution < -0.4 is 16.1 Å². The molecule has 0 heterocycles. The second-order valence-electron chi connectivity index (χ2n) is 9.89. The summed E-state index contributed by atoms with van der Waals surface area (Å²) in [4.78, 5) is 0. The fourth-order valence-corrected chi connectivity index (χ4v) is 9.57. The monoisotopic (exact) mass is 457 g/mol. The van der Waals surface area contributed by atoms with Gasteiger partial charge < -0.3 is 14.9 Å². The molecule has 0 saturated carbocycles. The fraction of sp³-hybridized carbons (Fsp3) is 0.310. The fourth-order valence-electron chi connectivity index (χ4n) is 4.88. The molecule has 33 heavy (non-hydrogen) atoms. The van der Waals surface area contributed by atoms with Crippen LogP contribution in [0.25, 0.3) is 0 Å². The number of ether oxygens (including phenoxy) is 1. The maximum absolute atomic E-state index is 7.33. The molecule has 1 aliphatic rings. The van der Waals surface area contributed by atoms with Gasteiger partial charge in [-0.1, -0.05) is 118 Å². The van der Waals surface area contributed by atoms with Gasteiger partial charge in [-0.3, -0.25) is 0 Å². The predicted octanol–water partition coefficient (Wildman–Crippen LogP) is 4.81. The third kappa shape index (κ3) is 5.20. The first-order valence-electron chi connectivity index (χ1n) is 11.8. The summed E-state index contributed by atoms with van der Waals surface area (Å²) < 4.78 is 13.4. The van der Waals surface area contributed by atoms with Gasteiger partial charge in [-0.25, -0.2) is 0 Å². The van der Waals surface area contributed by atoms with Crippen molar-refractivity contribution in [3.63, 3.8) is 0 Å². The summed E-state index contributed by atoms with van der Waals surface area (Å²) in [5.41, 5.74) is 8.74. The van der Waals surface area contributed by atoms with Crippen molar-refractivity contribution < 1.29 is 9.16 Å². The minimum Gasteiger partial charge on any atom is -0.401 e. The molecule has 0 spiro atoms. The number of nitrogens with two attached hydrogens (primary N) is 1. The van der Waals surface area contributed by atoms with E-state index in [0.717, 1.165) is 12.0 Å². The van der Waals surface area contributed by atoms with E-state index in [9.17, 15) is 0 Å². The zero-order chi connectivity index (χ0) is 23.3. The highest BCUT2D eigenvalue weighted by Gasteiger charge is 2.52. The van der Waals surface area contributed by atoms with Crippen LogP contribution in [0.3, 0.4) is 0 Å². The van der Waals surface area contributed by atoms with E-state index < -0.39 is 8.32 Å². The molecule has 0 fully saturated rings. The molecule has 3 aromatic carbocycles. The average Bonchev–Trinajstić information content (AvgIpc) is 3.17. The van der Waals surface area contributed by atoms with Gasteiger partial charge in [0, 0.05) is 6.04 Å². The molecule has 3 nitrogen and oxygen atoms in total. The predicted molar refractivity (Wildman–Crippen MR) is 139 cm³/mol. The number of rotatable bonds is 8. The average molecular weight is 458 g/mol. The van der Waals surface area contributed by atoms with Crippen LogP contribution in [0.1, 0.15) is 32.8 Å². The van der Waals surface area contributed by atoms with Crippen LogP contribution in [-0.2, 0) is 15.8 Å². The van der Waals surface area contributed by atoms with Gasteiger partial charge in [0.05, 0.1) is 19.3 Å². The molecule has 0 unspecified atom stereocenters. The maximum Gasteiger partial charge on any atom is 0.261 e. The Balaban J connectivity index is 1.64. The van der Waals surface area contributed by atoms with Crippen molar-refractivity contribution in [3.05, 3.63) is 108 Å². The van der Waals surface area contributed by atoms with Gasteiger partial charge in [0.15, 0.2) is 0 Å². The molecule has 0 amide bonds. The second-order valence-corrected chi connectivity index (χ2v) is 14.1. The highest BCUT2D eigenvalue weighted by molar-refractivity contribution is 6.99. The quantitative estimate of drug-likeness (QED) is 0.390. The largest absolute Gasteiger partial charge is 0.401 e. The van der Waals surface area contributed by atoms with E-state index in [1.165, 1.54) is 15.9 Å². The Hall–Kier alpha value is -2.50. The van der Waals surface area contributed by atoms with Crippen molar-refractivity contribution >= 4 is 18.7 Å². The van der Waals surface area contributed by atoms with Crippen LogP contribution >= 0.6 is 0 Å². The van der Waals surface area contributed by atoms with Crippen molar-refractivity contribution in [2.45, 2.75) is 51.0 Å². The summed E-state index contributed by atoms with van der Waals surface area (Å²) in [6.45, 7) is 8.04. The molecule has 4 rings (SSSR count). The molecule has 1 aliphatic carbocycles. The molecule has 0 bridgehead atoms. The first kappa shape index (κ1) is 23.6. The van der Waals surface area contributed by atoms with E-state index >= 15 is 0 Å². The van der Waals surface area contributed by atoms with Crippen molar-refractivity contribution in [3.8, 4) is 0 Å². The highest BCUT2D eigenvalue weighted by Crippen LogP contribution is 2.39. The zero-order valence-corrected chi connectivity index (χ0v) is 20.9. The van der Waals surface area contributed by atoms with Gasteiger partial charge in [0.25, 0.3) is 8.32 Å². The van der Waals surface area contributed by atoms with E-state index in [4.69, 9.17) is 14.9 Å². The SMILES string of the molecule is CC(C)(C)[Si](O[C@H]1C[C@H](N)C=C1COCc1ccccc1)(c1ccccc1)c1ccccc1. The summed E-state index contributed by atoms with van der Waals surface area (Å²) in [6, 6.07) is 31.8. The summed E-state index contributed by atoms with van der Waals surface area (Å²) >= 11 is 0. The van der Waals surface area contributed by atoms with Gasteiger partial charge >= 0.3 is 0 Å². The van der Waals surface area contributed by atoms with Crippen LogP contribution in [0, 0.1) is 0 Å². The van der Waals surface area contributed by atoms with Gasteiger partial charge in [-0.15, -0.1) is 0 Å². The van der Waals surface area contributed by atoms with Crippen LogP contribution in [0.5, 0.6) is 0 Å². The molecule has 0 aliphatic heterocycles. The Morgan fingerprint density at radius 1 is 0.788 bits per heavy atom. The van der Waals surface area contributed by atoms with Crippen molar-refractivity contribution in [1.82, 2.24) is 0 Å². The lowest BCUT2D eigenvalue weighted by Gasteiger charge is -2.45. The molecule has 4 heteroatoms. The molecular formula is C29H35NO2Si. The summed E-state index contributed by atoms with van der Waals surface area (Å²) in [5.74, 6) is 0. The summed E-state index contributed by atoms with van der Waals surface area (Å²) in [6.07, 6.45) is 2.88. The van der Waals surface area contributed by atoms with E-state index in [-0.39, 0.29) is 17.2 Å². The molecule has 3 aromatic rings. The van der Waals surface area contributed by atoms with Crippen molar-refractivity contribution in [2.75, 3.05) is 6.61 Å². The molecule has 2 N–H and O–H groups in total. The van der Waals surface area contributed by atoms with Gasteiger partial charge in [-0.2, -0.15) is 0 Å². The van der Waals surface area contributed by atoms with Crippen molar-refractivity contribution in [2.24, 2.45) is 5.73 Å². The third-order valence-electron chi connectivity index (χ3n) is 6.44. The standard InChI is InChI=1S/C29H35NO2Si/c1-29(2,3)33(26-15-9-5-10-16-26,27-17-11-6-12-18-27)32-28-20-25(30)19-24(28)22-31-21-23-13-7-4-8-14-23/h4-19,25,28H,20-22,30H2,1-3H3/t25-,28+/m1/s1. The Kier molecular flexibility index (Phi) is 7.30. The van der Waals surface area contributed by atoms with Crippen LogP contribution in [-0.4, -0.2) is 27.1 Å². The normalized spacial score (nSPS) is 18.8. The van der Waals surface area contributed by atoms with Crippen LogP contribution in [0.15, 0.2) is 103 Å². The molecule has 172 valence electrons. The van der Waals surface area contributed by atoms with Gasteiger partial charge in [0.1, 0.15) is 0 Å². The molecular weight excluding hydrogens is 422 g/mol. The minimum atomic E-state index is -2.64. The number of benzene rings is 3. The van der Waals surface area contributed by atoms with E-state index in [0.29, 0.717) is 13.2 Å². The summed E-state index contributed by atoms with van der Waals surface area (Å²) in [7, 11) is -2.64. The molecule has 0 aromatic heterocycles. The molecule has 0 saturated heterocycles. The Morgan fingerprint density at radius 3 is 1.82 bits per heavy atom. The maximum atomic E-state index is 7.33. The lowest BCUT2D eigenvalue weighted by molar-refractivity contribution is 0.121. The third-order valence-corrected chi connectivity index (χ3v) is 11.5. The van der Waals surface area contributed by atoms with Crippen LogP contribution in [0.2, 0.25) is 5.04 Å². The topological polar surface area (TPSA) is 44.5 Å². The zero-order valence-electron chi connectivity index (χ0n) is 19.9. The van der Waals surface area contributed by atoms with Crippen LogP contribution in [0.4, 0.5) is 0 Å². The Labute approximate surface area is 199 Å². The van der Waals surface area contributed by atoms with E-state index in [2.05, 4.69) is 99.6 Å². The first-order chi connectivity index (χ1) is 15.9. The lowest BCUT2D eigenvalue weighted by atomic mass is 10.2. The van der Waals surface area contributed by atoms with Crippen molar-refractivity contribution in [1.29, 1.82) is 0 Å². The Morgan fingerprint density at radius 2 is 1.30 bits per heavy atom. The summed E-state index contributed by atoms with van der Waals surface area (Å²) in [5, 5.41) is 2.50. The minimum absolute atomic E-state index is 0.0106. The molecule has 0 radical (unpaired) electrons. The second kappa shape index (κ2) is 10.2. The Bertz CT molecular complexity index is 1010. The number of hydrogen-bond acceptors (Lipinski definition) is 3.